The molecule has 10 nitrogen and oxygen atoms in total. The predicted molar refractivity (Wildman–Crippen MR) is 126 cm³/mol. The Morgan fingerprint density at radius 2 is 1.97 bits per heavy atom. The molecule has 4 rings (SSSR count). The average molecular weight is 492 g/mol. The number of imidazole rings is 1. The first-order valence-electron chi connectivity index (χ1n) is 11.0. The Morgan fingerprint density at radius 1 is 1.26 bits per heavy atom. The number of carbonyl (C=O) groups is 1. The second-order valence-electron chi connectivity index (χ2n) is 8.65. The molecule has 1 aromatic carbocycles. The molecule has 1 fully saturated rings. The summed E-state index contributed by atoms with van der Waals surface area (Å²) >= 11 is 5.55. The molecule has 0 amide bonds. The minimum atomic E-state index is -1.41. The molecule has 3 aromatic rings. The maximum absolute atomic E-state index is 11.7. The summed E-state index contributed by atoms with van der Waals surface area (Å²) in [6.45, 7) is 6.35. The van der Waals surface area contributed by atoms with Gasteiger partial charge in [-0.1, -0.05) is 44.5 Å². The highest BCUT2D eigenvalue weighted by atomic mass is 35.5. The molecular formula is C23H30ClN5O5. The number of carbonyl (C=O) groups excluding carboxylic acids is 1. The number of esters is 1. The van der Waals surface area contributed by atoms with Gasteiger partial charge in [0.2, 0.25) is 0 Å². The molecule has 0 saturated carbocycles. The highest BCUT2D eigenvalue weighted by molar-refractivity contribution is 6.30. The van der Waals surface area contributed by atoms with Gasteiger partial charge in [-0.3, -0.25) is 9.36 Å². The summed E-state index contributed by atoms with van der Waals surface area (Å²) in [6.07, 6.45) is 2.58. The Morgan fingerprint density at radius 3 is 2.62 bits per heavy atom. The molecule has 1 aliphatic heterocycles. The lowest BCUT2D eigenvalue weighted by molar-refractivity contribution is -0.149. The number of hydrogen-bond donors (Lipinski definition) is 3. The number of nitrogens with two attached hydrogens (primary N) is 1. The van der Waals surface area contributed by atoms with Gasteiger partial charge >= 0.3 is 5.97 Å². The minimum absolute atomic E-state index is 0.127. The van der Waals surface area contributed by atoms with Crippen LogP contribution in [0.2, 0.25) is 5.02 Å². The van der Waals surface area contributed by atoms with E-state index in [1.807, 2.05) is 18.4 Å². The molecule has 34 heavy (non-hydrogen) atoms. The Labute approximate surface area is 202 Å². The predicted octanol–water partition coefficient (Wildman–Crippen LogP) is 3.24. The molecule has 0 aliphatic carbocycles. The first-order valence-corrected chi connectivity index (χ1v) is 11.4. The zero-order chi connectivity index (χ0) is 24.8. The molecule has 0 spiro atoms. The summed E-state index contributed by atoms with van der Waals surface area (Å²) in [4.78, 5) is 24.2. The molecule has 4 N–H and O–H groups in total. The molecule has 3 atom stereocenters. The van der Waals surface area contributed by atoms with Crippen molar-refractivity contribution in [1.29, 1.82) is 0 Å². The number of nitrogen functional groups attached to an aromatic ring is 1. The van der Waals surface area contributed by atoms with Crippen LogP contribution in [0.1, 0.15) is 51.7 Å². The quantitative estimate of drug-likeness (QED) is 0.349. The second-order valence-corrected chi connectivity index (χ2v) is 9.09. The van der Waals surface area contributed by atoms with Crippen molar-refractivity contribution < 1.29 is 24.5 Å². The number of nitrogens with zero attached hydrogens (tertiary/aromatic N) is 4. The van der Waals surface area contributed by atoms with Crippen molar-refractivity contribution in [3.63, 3.8) is 0 Å². The van der Waals surface area contributed by atoms with Crippen molar-refractivity contribution in [1.82, 2.24) is 19.5 Å². The molecule has 11 heteroatoms. The molecule has 1 saturated heterocycles. The molecule has 1 aliphatic rings. The van der Waals surface area contributed by atoms with Gasteiger partial charge in [0, 0.05) is 22.9 Å². The molecule has 0 unspecified atom stereocenters. The van der Waals surface area contributed by atoms with E-state index in [1.165, 1.54) is 6.33 Å². The topological polar surface area (TPSA) is 146 Å². The van der Waals surface area contributed by atoms with E-state index in [-0.39, 0.29) is 36.7 Å². The maximum atomic E-state index is 11.7. The van der Waals surface area contributed by atoms with E-state index in [0.29, 0.717) is 34.0 Å². The van der Waals surface area contributed by atoms with Crippen LogP contribution >= 0.6 is 11.6 Å². The number of aromatic nitrogens is 4. The first-order chi connectivity index (χ1) is 16.2. The number of hydrogen-bond acceptors (Lipinski definition) is 9. The van der Waals surface area contributed by atoms with Crippen LogP contribution in [0.3, 0.4) is 0 Å². The summed E-state index contributed by atoms with van der Waals surface area (Å²) < 4.78 is 13.3. The molecule has 184 valence electrons. The summed E-state index contributed by atoms with van der Waals surface area (Å²) in [5.41, 5.74) is 7.49. The molecule has 2 aromatic heterocycles. The zero-order valence-corrected chi connectivity index (χ0v) is 20.1. The number of rotatable bonds is 6. The van der Waals surface area contributed by atoms with Gasteiger partial charge in [-0.2, -0.15) is 0 Å². The van der Waals surface area contributed by atoms with Crippen LogP contribution in [-0.2, 0) is 14.3 Å². The summed E-state index contributed by atoms with van der Waals surface area (Å²) in [5, 5.41) is 17.8. The van der Waals surface area contributed by atoms with Gasteiger partial charge in [-0.25, -0.2) is 15.0 Å². The van der Waals surface area contributed by atoms with Crippen molar-refractivity contribution in [3.05, 3.63) is 47.5 Å². The molecule has 0 bridgehead atoms. The molecule has 0 radical (unpaired) electrons. The smallest absolute Gasteiger partial charge is 0.306 e. The Balaban J connectivity index is 0.000000271. The van der Waals surface area contributed by atoms with Gasteiger partial charge in [-0.15, -0.1) is 0 Å². The van der Waals surface area contributed by atoms with Gasteiger partial charge in [0.25, 0.3) is 0 Å². The maximum Gasteiger partial charge on any atom is 0.306 e. The number of halogens is 1. The van der Waals surface area contributed by atoms with Crippen LogP contribution in [0, 0.1) is 11.8 Å². The van der Waals surface area contributed by atoms with E-state index in [9.17, 15) is 4.79 Å². The number of aliphatic hydroxyl groups excluding tert-OH is 1. The highest BCUT2D eigenvalue weighted by Gasteiger charge is 2.35. The normalized spacial score (nSPS) is 19.9. The van der Waals surface area contributed by atoms with E-state index in [4.69, 9.17) is 37.0 Å². The minimum Gasteiger partial charge on any atom is -0.463 e. The van der Waals surface area contributed by atoms with Crippen LogP contribution in [0.15, 0.2) is 36.9 Å². The number of ether oxygens (including phenoxy) is 2. The fraction of sp³-hybridized carbons (Fsp3) is 0.478. The van der Waals surface area contributed by atoms with E-state index in [0.717, 1.165) is 6.42 Å². The van der Waals surface area contributed by atoms with Crippen LogP contribution in [-0.4, -0.2) is 48.4 Å². The van der Waals surface area contributed by atoms with Gasteiger partial charge in [0.05, 0.1) is 12.4 Å². The first kappa shape index (κ1) is 25.8. The fourth-order valence-corrected chi connectivity index (χ4v) is 3.76. The second kappa shape index (κ2) is 11.6. The summed E-state index contributed by atoms with van der Waals surface area (Å²) in [5.74, 6) is 0.699. The fourth-order valence-electron chi connectivity index (χ4n) is 3.63. The third-order valence-electron chi connectivity index (χ3n) is 5.29. The standard InChI is InChI=1S/C16H23N5O3.C7H7ClO2/c1-9(2)4-12(22)23-6-11-5-10(3)16(24-11)21-8-20-13-14(17)18-7-19-15(13)21;8-6-3-1-5(2-4-6)7(9)10/h7-11,16H,4-6H2,1-3H3,(H2,17,18,19);1-4,7,9-10H/t10-,11-,16+;/m0./s1. The van der Waals surface area contributed by atoms with Gasteiger partial charge in [0.1, 0.15) is 24.7 Å². The molecule has 3 heterocycles. The third kappa shape index (κ3) is 6.63. The monoisotopic (exact) mass is 491 g/mol. The summed E-state index contributed by atoms with van der Waals surface area (Å²) in [6, 6.07) is 6.34. The third-order valence-corrected chi connectivity index (χ3v) is 5.54. The van der Waals surface area contributed by atoms with E-state index < -0.39 is 6.29 Å². The number of fused-ring (bicyclic) bond motifs is 1. The van der Waals surface area contributed by atoms with Gasteiger partial charge in [0.15, 0.2) is 17.8 Å². The van der Waals surface area contributed by atoms with Gasteiger partial charge in [-0.05, 0) is 24.5 Å². The van der Waals surface area contributed by atoms with Crippen molar-refractivity contribution in [2.75, 3.05) is 12.3 Å². The van der Waals surface area contributed by atoms with Gasteiger partial charge < -0.3 is 25.4 Å². The highest BCUT2D eigenvalue weighted by Crippen LogP contribution is 2.36. The Bertz CT molecular complexity index is 1090. The van der Waals surface area contributed by atoms with E-state index >= 15 is 0 Å². The van der Waals surface area contributed by atoms with Crippen molar-refractivity contribution in [2.45, 2.75) is 52.2 Å². The average Bonchev–Trinajstić information content (AvgIpc) is 3.36. The van der Waals surface area contributed by atoms with Crippen molar-refractivity contribution in [2.24, 2.45) is 11.8 Å². The summed E-state index contributed by atoms with van der Waals surface area (Å²) in [7, 11) is 0. The SMILES string of the molecule is CC(C)CC(=O)OC[C@@H]1C[C@H](C)[C@H](n2cnc3c(N)ncnc32)O1.OC(O)c1ccc(Cl)cc1. The lowest BCUT2D eigenvalue weighted by Crippen LogP contribution is -2.20. The van der Waals surface area contributed by atoms with E-state index in [2.05, 4.69) is 21.9 Å². The van der Waals surface area contributed by atoms with Crippen LogP contribution in [0.25, 0.3) is 11.2 Å². The number of aliphatic hydroxyl groups is 2. The number of benzene rings is 1. The lowest BCUT2D eigenvalue weighted by atomic mass is 10.1. The zero-order valence-electron chi connectivity index (χ0n) is 19.3. The van der Waals surface area contributed by atoms with Crippen LogP contribution < -0.4 is 5.73 Å². The lowest BCUT2D eigenvalue weighted by Gasteiger charge is -2.17. The van der Waals surface area contributed by atoms with Crippen molar-refractivity contribution in [3.8, 4) is 0 Å². The Hall–Kier alpha value is -2.79. The number of anilines is 1. The van der Waals surface area contributed by atoms with Crippen molar-refractivity contribution >= 4 is 34.6 Å². The van der Waals surface area contributed by atoms with E-state index in [1.54, 1.807) is 30.6 Å². The molecular weight excluding hydrogens is 462 g/mol. The Kier molecular flexibility index (Phi) is 8.78. The van der Waals surface area contributed by atoms with Crippen LogP contribution in [0.4, 0.5) is 5.82 Å². The largest absolute Gasteiger partial charge is 0.463 e. The van der Waals surface area contributed by atoms with Crippen LogP contribution in [0.5, 0.6) is 0 Å².